The maximum absolute atomic E-state index is 13.1. The van der Waals surface area contributed by atoms with Crippen LogP contribution in [-0.4, -0.2) is 36.0 Å². The number of amides is 1. The second kappa shape index (κ2) is 6.88. The van der Waals surface area contributed by atoms with Gasteiger partial charge in [-0.2, -0.15) is 0 Å². The molecule has 4 nitrogen and oxygen atoms in total. The highest BCUT2D eigenvalue weighted by atomic mass is 32.1. The molecule has 1 aromatic heterocycles. The maximum atomic E-state index is 13.1. The van der Waals surface area contributed by atoms with E-state index in [4.69, 9.17) is 4.74 Å². The summed E-state index contributed by atoms with van der Waals surface area (Å²) in [6.07, 6.45) is 4.21. The summed E-state index contributed by atoms with van der Waals surface area (Å²) in [5.74, 6) is 0.223. The molecule has 2 fully saturated rings. The molecule has 0 N–H and O–H groups in total. The Bertz CT molecular complexity index is 812. The van der Waals surface area contributed by atoms with Crippen LogP contribution in [-0.2, 0) is 4.74 Å². The molecule has 0 spiro atoms. The van der Waals surface area contributed by atoms with Gasteiger partial charge in [0.2, 0.25) is 0 Å². The minimum Gasteiger partial charge on any atom is -0.465 e. The summed E-state index contributed by atoms with van der Waals surface area (Å²) in [4.78, 5) is 27.9. The summed E-state index contributed by atoms with van der Waals surface area (Å²) in [7, 11) is 1.36. The molecule has 2 saturated heterocycles. The molecule has 2 atom stereocenters. The molecule has 2 aliphatic rings. The molecule has 0 unspecified atom stereocenters. The van der Waals surface area contributed by atoms with Crippen molar-refractivity contribution in [1.29, 1.82) is 0 Å². The van der Waals surface area contributed by atoms with Gasteiger partial charge in [-0.3, -0.25) is 4.79 Å². The van der Waals surface area contributed by atoms with Gasteiger partial charge in [-0.05, 0) is 56.2 Å². The van der Waals surface area contributed by atoms with E-state index in [1.807, 2.05) is 0 Å². The number of rotatable bonds is 3. The van der Waals surface area contributed by atoms with Crippen molar-refractivity contribution in [3.05, 3.63) is 57.3 Å². The average Bonchev–Trinajstić information content (AvgIpc) is 3.24. The van der Waals surface area contributed by atoms with Crippen LogP contribution in [0.4, 0.5) is 0 Å². The minimum absolute atomic E-state index is 0.0695. The normalized spacial score (nSPS) is 24.5. The summed E-state index contributed by atoms with van der Waals surface area (Å²) in [5.41, 5.74) is 2.67. The van der Waals surface area contributed by atoms with Crippen molar-refractivity contribution in [1.82, 2.24) is 4.90 Å². The maximum Gasteiger partial charge on any atom is 0.348 e. The average molecular weight is 369 g/mol. The number of esters is 1. The first kappa shape index (κ1) is 17.3. The number of hydrogen-bond acceptors (Lipinski definition) is 4. The quantitative estimate of drug-likeness (QED) is 0.754. The zero-order valence-electron chi connectivity index (χ0n) is 15.1. The number of aryl methyl sites for hydroxylation is 1. The van der Waals surface area contributed by atoms with Crippen LogP contribution in [0.2, 0.25) is 0 Å². The lowest BCUT2D eigenvalue weighted by molar-refractivity contribution is 0.0575. The molecule has 0 saturated carbocycles. The number of piperidine rings is 1. The first-order valence-corrected chi connectivity index (χ1v) is 9.96. The van der Waals surface area contributed by atoms with E-state index in [0.29, 0.717) is 27.8 Å². The van der Waals surface area contributed by atoms with Crippen LogP contribution in [0.3, 0.4) is 0 Å². The number of thiophene rings is 1. The summed E-state index contributed by atoms with van der Waals surface area (Å²) >= 11 is 1.23. The molecular formula is C21H23NO3S. The molecule has 1 aromatic carbocycles. The van der Waals surface area contributed by atoms with Gasteiger partial charge in [0.1, 0.15) is 4.88 Å². The standard InChI is InChI=1S/C21H23NO3S/c1-13-3-5-14(6-4-13)15-11-16-7-8-17(12-15)22(16)20(23)18-9-10-19(26-18)21(24)25-2/h3-6,9-10,15-17H,7-8,11-12H2,1-2H3/t16-,17-/m0/s1. The SMILES string of the molecule is COC(=O)c1ccc(C(=O)N2[C@H]3CC[C@H]2CC(c2ccc(C)cc2)C3)s1. The van der Waals surface area contributed by atoms with Crippen LogP contribution in [0.1, 0.15) is 62.1 Å². The molecule has 2 aliphatic heterocycles. The highest BCUT2D eigenvalue weighted by molar-refractivity contribution is 7.15. The van der Waals surface area contributed by atoms with E-state index >= 15 is 0 Å². The van der Waals surface area contributed by atoms with Crippen LogP contribution < -0.4 is 0 Å². The second-order valence-corrected chi connectivity index (χ2v) is 8.42. The van der Waals surface area contributed by atoms with E-state index in [1.54, 1.807) is 12.1 Å². The highest BCUT2D eigenvalue weighted by Crippen LogP contribution is 2.44. The predicted octanol–water partition coefficient (Wildman–Crippen LogP) is 4.39. The van der Waals surface area contributed by atoms with E-state index in [-0.39, 0.29) is 11.9 Å². The van der Waals surface area contributed by atoms with Crippen LogP contribution in [0.15, 0.2) is 36.4 Å². The molecule has 0 aliphatic carbocycles. The highest BCUT2D eigenvalue weighted by Gasteiger charge is 2.44. The lowest BCUT2D eigenvalue weighted by atomic mass is 9.84. The summed E-state index contributed by atoms with van der Waals surface area (Å²) < 4.78 is 4.75. The topological polar surface area (TPSA) is 46.6 Å². The molecule has 5 heteroatoms. The van der Waals surface area contributed by atoms with Crippen molar-refractivity contribution in [3.63, 3.8) is 0 Å². The Hall–Kier alpha value is -2.14. The van der Waals surface area contributed by atoms with Gasteiger partial charge in [0.15, 0.2) is 0 Å². The molecule has 0 radical (unpaired) electrons. The first-order valence-electron chi connectivity index (χ1n) is 9.14. The van der Waals surface area contributed by atoms with Gasteiger partial charge < -0.3 is 9.64 Å². The third-order valence-electron chi connectivity index (χ3n) is 5.72. The molecule has 136 valence electrons. The van der Waals surface area contributed by atoms with Crippen molar-refractivity contribution in [3.8, 4) is 0 Å². The smallest absolute Gasteiger partial charge is 0.348 e. The third-order valence-corrected chi connectivity index (χ3v) is 6.77. The summed E-state index contributed by atoms with van der Waals surface area (Å²) in [6.45, 7) is 2.11. The Morgan fingerprint density at radius 1 is 1.00 bits per heavy atom. The number of nitrogens with zero attached hydrogens (tertiary/aromatic N) is 1. The second-order valence-electron chi connectivity index (χ2n) is 7.33. The molecule has 26 heavy (non-hydrogen) atoms. The molecule has 2 aromatic rings. The van der Waals surface area contributed by atoms with Crippen molar-refractivity contribution < 1.29 is 14.3 Å². The van der Waals surface area contributed by atoms with Crippen molar-refractivity contribution in [2.45, 2.75) is 50.6 Å². The van der Waals surface area contributed by atoms with Crippen LogP contribution in [0.5, 0.6) is 0 Å². The zero-order valence-corrected chi connectivity index (χ0v) is 15.9. The van der Waals surface area contributed by atoms with E-state index in [1.165, 1.54) is 29.6 Å². The van der Waals surface area contributed by atoms with Crippen molar-refractivity contribution in [2.75, 3.05) is 7.11 Å². The van der Waals surface area contributed by atoms with Crippen LogP contribution >= 0.6 is 11.3 Å². The van der Waals surface area contributed by atoms with Crippen molar-refractivity contribution >= 4 is 23.2 Å². The van der Waals surface area contributed by atoms with E-state index in [9.17, 15) is 9.59 Å². The van der Waals surface area contributed by atoms with Gasteiger partial charge in [-0.25, -0.2) is 4.79 Å². The Kier molecular flexibility index (Phi) is 4.57. The van der Waals surface area contributed by atoms with Gasteiger partial charge in [0.25, 0.3) is 5.91 Å². The number of fused-ring (bicyclic) bond motifs is 2. The Labute approximate surface area is 157 Å². The monoisotopic (exact) mass is 369 g/mol. The fraction of sp³-hybridized carbons (Fsp3) is 0.429. The molecule has 2 bridgehead atoms. The molecule has 1 amide bonds. The number of ether oxygens (including phenoxy) is 1. The Morgan fingerprint density at radius 3 is 2.23 bits per heavy atom. The van der Waals surface area contributed by atoms with Gasteiger partial charge in [-0.1, -0.05) is 29.8 Å². The fourth-order valence-corrected chi connectivity index (χ4v) is 5.28. The number of carbonyl (C=O) groups is 2. The van der Waals surface area contributed by atoms with Gasteiger partial charge in [0, 0.05) is 12.1 Å². The molecule has 3 heterocycles. The largest absolute Gasteiger partial charge is 0.465 e. The Morgan fingerprint density at radius 2 is 1.62 bits per heavy atom. The number of hydrogen-bond donors (Lipinski definition) is 0. The van der Waals surface area contributed by atoms with Gasteiger partial charge >= 0.3 is 5.97 Å². The van der Waals surface area contributed by atoms with Gasteiger partial charge in [-0.15, -0.1) is 11.3 Å². The predicted molar refractivity (Wildman–Crippen MR) is 102 cm³/mol. The van der Waals surface area contributed by atoms with E-state index < -0.39 is 0 Å². The Balaban J connectivity index is 1.51. The molecule has 4 rings (SSSR count). The van der Waals surface area contributed by atoms with Crippen LogP contribution in [0, 0.1) is 6.92 Å². The van der Waals surface area contributed by atoms with E-state index in [0.717, 1.165) is 25.7 Å². The first-order chi connectivity index (χ1) is 12.6. The zero-order chi connectivity index (χ0) is 18.3. The van der Waals surface area contributed by atoms with Crippen molar-refractivity contribution in [2.24, 2.45) is 0 Å². The minimum atomic E-state index is -0.380. The van der Waals surface area contributed by atoms with Gasteiger partial charge in [0.05, 0.1) is 12.0 Å². The van der Waals surface area contributed by atoms with Crippen LogP contribution in [0.25, 0.3) is 0 Å². The van der Waals surface area contributed by atoms with E-state index in [2.05, 4.69) is 36.1 Å². The number of methoxy groups -OCH3 is 1. The third kappa shape index (κ3) is 3.05. The number of benzene rings is 1. The number of carbonyl (C=O) groups excluding carboxylic acids is 2. The fourth-order valence-electron chi connectivity index (χ4n) is 4.41. The lowest BCUT2D eigenvalue weighted by Gasteiger charge is -2.39. The summed E-state index contributed by atoms with van der Waals surface area (Å²) in [5, 5.41) is 0. The summed E-state index contributed by atoms with van der Waals surface area (Å²) in [6, 6.07) is 12.9. The molecular weight excluding hydrogens is 346 g/mol. The lowest BCUT2D eigenvalue weighted by Crippen LogP contribution is -2.45.